The number of benzene rings is 1. The maximum Gasteiger partial charge on any atom is 0.259 e. The van der Waals surface area contributed by atoms with Crippen molar-refractivity contribution in [1.29, 1.82) is 0 Å². The van der Waals surface area contributed by atoms with Crippen LogP contribution in [0.5, 0.6) is 5.88 Å². The fraction of sp³-hybridized carbons (Fsp3) is 0.370. The van der Waals surface area contributed by atoms with Crippen molar-refractivity contribution in [2.24, 2.45) is 5.92 Å². The number of carbonyl (C=O) groups excluding carboxylic acids is 1. The number of pyridine rings is 2. The molecule has 1 N–H and O–H groups in total. The van der Waals surface area contributed by atoms with E-state index in [1.54, 1.807) is 60.7 Å². The van der Waals surface area contributed by atoms with Crippen LogP contribution in [0.3, 0.4) is 0 Å². The molecule has 1 aromatic carbocycles. The van der Waals surface area contributed by atoms with Crippen LogP contribution in [0.1, 0.15) is 29.8 Å². The maximum atomic E-state index is 13.6. The van der Waals surface area contributed by atoms with Gasteiger partial charge < -0.3 is 14.7 Å². The van der Waals surface area contributed by atoms with Crippen LogP contribution in [0.15, 0.2) is 66.0 Å². The average molecular weight is 525 g/mol. The first-order valence-corrected chi connectivity index (χ1v) is 13.6. The van der Waals surface area contributed by atoms with E-state index in [1.807, 2.05) is 26.0 Å². The smallest absolute Gasteiger partial charge is 0.259 e. The number of aryl methyl sites for hydroxylation is 1. The second-order valence-corrected chi connectivity index (χ2v) is 11.6. The fourth-order valence-electron chi connectivity index (χ4n) is 4.26. The Bertz CT molecular complexity index is 1350. The minimum absolute atomic E-state index is 0.0557. The highest BCUT2D eigenvalue weighted by molar-refractivity contribution is 7.89. The summed E-state index contributed by atoms with van der Waals surface area (Å²) in [7, 11) is -2.24. The lowest BCUT2D eigenvalue weighted by Crippen LogP contribution is -2.50. The number of sulfonamides is 1. The highest BCUT2D eigenvalue weighted by Crippen LogP contribution is 2.30. The van der Waals surface area contributed by atoms with Gasteiger partial charge in [0.25, 0.3) is 5.91 Å². The molecule has 1 aliphatic rings. The third kappa shape index (κ3) is 5.66. The van der Waals surface area contributed by atoms with Gasteiger partial charge in [-0.25, -0.2) is 13.4 Å². The van der Waals surface area contributed by atoms with Crippen molar-refractivity contribution in [1.82, 2.24) is 19.2 Å². The van der Waals surface area contributed by atoms with E-state index >= 15 is 0 Å². The van der Waals surface area contributed by atoms with E-state index in [4.69, 9.17) is 4.74 Å². The number of hydrogen-bond donors (Lipinski definition) is 1. The number of ether oxygens (including phenoxy) is 1. The van der Waals surface area contributed by atoms with Gasteiger partial charge >= 0.3 is 0 Å². The second kappa shape index (κ2) is 11.0. The van der Waals surface area contributed by atoms with Gasteiger partial charge in [0.2, 0.25) is 15.9 Å². The molecule has 1 amide bonds. The molecule has 0 spiro atoms. The third-order valence-corrected chi connectivity index (χ3v) is 8.54. The molecule has 3 atom stereocenters. The zero-order valence-corrected chi connectivity index (χ0v) is 22.2. The molecule has 0 aliphatic carbocycles. The molecular weight excluding hydrogens is 492 g/mol. The molecular formula is C27H32N4O5S. The van der Waals surface area contributed by atoms with Crippen LogP contribution in [0.4, 0.5) is 0 Å². The summed E-state index contributed by atoms with van der Waals surface area (Å²) in [5.74, 6) is -0.412. The Morgan fingerprint density at radius 1 is 1.16 bits per heavy atom. The predicted molar refractivity (Wildman–Crippen MR) is 140 cm³/mol. The molecule has 37 heavy (non-hydrogen) atoms. The van der Waals surface area contributed by atoms with Gasteiger partial charge in [-0.2, -0.15) is 4.31 Å². The Labute approximate surface area is 217 Å². The molecule has 196 valence electrons. The Morgan fingerprint density at radius 3 is 2.49 bits per heavy atom. The molecule has 4 rings (SSSR count). The number of aliphatic hydroxyl groups is 1. The van der Waals surface area contributed by atoms with Crippen molar-refractivity contribution in [2.45, 2.75) is 37.8 Å². The molecule has 2 aromatic heterocycles. The van der Waals surface area contributed by atoms with E-state index in [9.17, 15) is 18.3 Å². The predicted octanol–water partition coefficient (Wildman–Crippen LogP) is 2.99. The van der Waals surface area contributed by atoms with Gasteiger partial charge in [0.15, 0.2) is 0 Å². The quantitative estimate of drug-likeness (QED) is 0.506. The lowest BCUT2D eigenvalue weighted by atomic mass is 9.99. The number of rotatable bonds is 7. The Hall–Kier alpha value is -3.34. The number of fused-ring (bicyclic) bond motifs is 1. The number of hydrogen-bond acceptors (Lipinski definition) is 7. The van der Waals surface area contributed by atoms with Crippen molar-refractivity contribution in [3.05, 3.63) is 72.2 Å². The monoisotopic (exact) mass is 524 g/mol. The number of carbonyl (C=O) groups is 1. The molecule has 0 radical (unpaired) electrons. The lowest BCUT2D eigenvalue weighted by molar-refractivity contribution is 0.0373. The van der Waals surface area contributed by atoms with E-state index in [0.29, 0.717) is 0 Å². The van der Waals surface area contributed by atoms with Gasteiger partial charge in [-0.15, -0.1) is 0 Å². The van der Waals surface area contributed by atoms with Crippen LogP contribution in [-0.2, 0) is 10.0 Å². The van der Waals surface area contributed by atoms with Gasteiger partial charge in [0, 0.05) is 43.7 Å². The average Bonchev–Trinajstić information content (AvgIpc) is 2.90. The van der Waals surface area contributed by atoms with Crippen molar-refractivity contribution in [2.75, 3.05) is 26.7 Å². The van der Waals surface area contributed by atoms with E-state index in [2.05, 4.69) is 9.97 Å². The molecule has 1 aliphatic heterocycles. The molecule has 3 aromatic rings. The van der Waals surface area contributed by atoms with E-state index in [-0.39, 0.29) is 47.9 Å². The van der Waals surface area contributed by atoms with E-state index in [1.165, 1.54) is 11.4 Å². The van der Waals surface area contributed by atoms with Crippen LogP contribution in [0.2, 0.25) is 0 Å². The lowest BCUT2D eigenvalue weighted by Gasteiger charge is -2.37. The minimum Gasteiger partial charge on any atom is -0.472 e. The zero-order chi connectivity index (χ0) is 26.7. The van der Waals surface area contributed by atoms with Crippen LogP contribution >= 0.6 is 0 Å². The second-order valence-electron chi connectivity index (χ2n) is 9.53. The number of likely N-dealkylation sites (N-methyl/N-ethyl adjacent to an activating group) is 1. The highest BCUT2D eigenvalue weighted by Gasteiger charge is 2.36. The Morgan fingerprint density at radius 2 is 1.84 bits per heavy atom. The van der Waals surface area contributed by atoms with Crippen molar-refractivity contribution in [3.8, 4) is 17.0 Å². The SMILES string of the molecule is Cc1ccc(S(=O)(=O)N(C)C[C@H]2Oc3ncc(-c4ccncc4)cc3C(=O)N([C@@H](C)CO)C[C@@H]2C)cc1. The van der Waals surface area contributed by atoms with Gasteiger partial charge in [-0.3, -0.25) is 9.78 Å². The summed E-state index contributed by atoms with van der Waals surface area (Å²) < 4.78 is 34.0. The summed E-state index contributed by atoms with van der Waals surface area (Å²) in [5.41, 5.74) is 2.79. The molecule has 3 heterocycles. The van der Waals surface area contributed by atoms with Crippen LogP contribution < -0.4 is 4.74 Å². The zero-order valence-electron chi connectivity index (χ0n) is 21.4. The molecule has 0 fully saturated rings. The Balaban J connectivity index is 1.70. The number of amides is 1. The van der Waals surface area contributed by atoms with E-state index < -0.39 is 22.2 Å². The number of nitrogens with zero attached hydrogens (tertiary/aromatic N) is 4. The molecule has 0 saturated carbocycles. The first-order valence-electron chi connectivity index (χ1n) is 12.1. The largest absolute Gasteiger partial charge is 0.472 e. The topological polar surface area (TPSA) is 113 Å². The van der Waals surface area contributed by atoms with Crippen LogP contribution in [0, 0.1) is 12.8 Å². The fourth-order valence-corrected chi connectivity index (χ4v) is 5.45. The summed E-state index contributed by atoms with van der Waals surface area (Å²) in [6.07, 6.45) is 4.35. The number of aliphatic hydroxyl groups excluding tert-OH is 1. The third-order valence-electron chi connectivity index (χ3n) is 6.70. The summed E-state index contributed by atoms with van der Waals surface area (Å²) in [4.78, 5) is 23.9. The standard InChI is InChI=1S/C27H32N4O5S/c1-18-5-7-23(8-6-18)37(34,35)30(4)16-25-19(2)15-31(20(3)17-32)27(33)24-13-22(14-29-26(24)36-25)21-9-11-28-12-10-21/h5-14,19-20,25,32H,15-17H2,1-4H3/t19-,20-,25+/m0/s1. The summed E-state index contributed by atoms with van der Waals surface area (Å²) in [5, 5.41) is 9.86. The number of aromatic nitrogens is 2. The van der Waals surface area contributed by atoms with Crippen LogP contribution in [0.25, 0.3) is 11.1 Å². The van der Waals surface area contributed by atoms with Crippen LogP contribution in [-0.4, -0.2) is 77.5 Å². The van der Waals surface area contributed by atoms with Crippen molar-refractivity contribution >= 4 is 15.9 Å². The summed E-state index contributed by atoms with van der Waals surface area (Å²) in [6.45, 7) is 5.70. The van der Waals surface area contributed by atoms with Crippen molar-refractivity contribution in [3.63, 3.8) is 0 Å². The summed E-state index contributed by atoms with van der Waals surface area (Å²) >= 11 is 0. The maximum absolute atomic E-state index is 13.6. The first-order chi connectivity index (χ1) is 17.6. The minimum atomic E-state index is -3.76. The van der Waals surface area contributed by atoms with Gasteiger partial charge in [0.1, 0.15) is 11.7 Å². The Kier molecular flexibility index (Phi) is 7.91. The van der Waals surface area contributed by atoms with Gasteiger partial charge in [0.05, 0.1) is 24.1 Å². The van der Waals surface area contributed by atoms with Crippen molar-refractivity contribution < 1.29 is 23.1 Å². The van der Waals surface area contributed by atoms with Gasteiger partial charge in [-0.1, -0.05) is 24.6 Å². The summed E-state index contributed by atoms with van der Waals surface area (Å²) in [6, 6.07) is 11.6. The molecule has 10 heteroatoms. The normalized spacial score (nSPS) is 19.1. The molecule has 9 nitrogen and oxygen atoms in total. The van der Waals surface area contributed by atoms with E-state index in [0.717, 1.165) is 16.7 Å². The highest BCUT2D eigenvalue weighted by atomic mass is 32.2. The molecule has 0 saturated heterocycles. The molecule has 0 bridgehead atoms. The first kappa shape index (κ1) is 26.7. The molecule has 0 unspecified atom stereocenters. The van der Waals surface area contributed by atoms with Gasteiger partial charge in [-0.05, 0) is 49.7 Å².